The van der Waals surface area contributed by atoms with Crippen molar-refractivity contribution < 1.29 is 9.53 Å². The van der Waals surface area contributed by atoms with Gasteiger partial charge >= 0.3 is 0 Å². The van der Waals surface area contributed by atoms with Crippen LogP contribution in [0.1, 0.15) is 36.7 Å². The standard InChI is InChI=1S/C21H30N4O2/c1-16-13-17(2)25(23-16)20-8-6-5-7-19(20)14-24-11-9-21(27-4,10-12-24)15-22-18(3)26/h5-8,13H,9-12,14-15H2,1-4H3,(H,22,26). The molecule has 0 aliphatic carbocycles. The van der Waals surface area contributed by atoms with Gasteiger partial charge in [-0.2, -0.15) is 5.10 Å². The van der Waals surface area contributed by atoms with Gasteiger partial charge in [-0.3, -0.25) is 9.69 Å². The summed E-state index contributed by atoms with van der Waals surface area (Å²) >= 11 is 0. The third-order valence-electron chi connectivity index (χ3n) is 5.48. The Bertz CT molecular complexity index is 791. The quantitative estimate of drug-likeness (QED) is 0.849. The Balaban J connectivity index is 1.69. The van der Waals surface area contributed by atoms with Crippen molar-refractivity contribution in [3.8, 4) is 5.69 Å². The molecule has 1 saturated heterocycles. The van der Waals surface area contributed by atoms with Gasteiger partial charge in [0.05, 0.1) is 17.0 Å². The van der Waals surface area contributed by atoms with Gasteiger partial charge in [-0.05, 0) is 44.4 Å². The molecule has 1 aromatic carbocycles. The van der Waals surface area contributed by atoms with Crippen molar-refractivity contribution in [2.75, 3.05) is 26.7 Å². The fourth-order valence-electron chi connectivity index (χ4n) is 3.82. The van der Waals surface area contributed by atoms with Gasteiger partial charge in [0.1, 0.15) is 0 Å². The summed E-state index contributed by atoms with van der Waals surface area (Å²) in [5.74, 6) is -0.00679. The van der Waals surface area contributed by atoms with E-state index in [4.69, 9.17) is 4.74 Å². The lowest BCUT2D eigenvalue weighted by Crippen LogP contribution is -2.51. The third kappa shape index (κ3) is 4.57. The zero-order valence-corrected chi connectivity index (χ0v) is 16.8. The minimum absolute atomic E-state index is 0.00679. The smallest absolute Gasteiger partial charge is 0.216 e. The highest BCUT2D eigenvalue weighted by Crippen LogP contribution is 2.27. The summed E-state index contributed by atoms with van der Waals surface area (Å²) in [6.45, 7) is 9.01. The Morgan fingerprint density at radius 1 is 1.26 bits per heavy atom. The predicted octanol–water partition coefficient (Wildman–Crippen LogP) is 2.61. The molecule has 0 unspecified atom stereocenters. The third-order valence-corrected chi connectivity index (χ3v) is 5.48. The Labute approximate surface area is 161 Å². The van der Waals surface area contributed by atoms with Gasteiger partial charge in [0.2, 0.25) is 5.91 Å². The minimum Gasteiger partial charge on any atom is -0.376 e. The van der Waals surface area contributed by atoms with Crippen LogP contribution in [0.15, 0.2) is 30.3 Å². The van der Waals surface area contributed by atoms with E-state index < -0.39 is 0 Å². The first-order chi connectivity index (χ1) is 12.9. The Hall–Kier alpha value is -2.18. The summed E-state index contributed by atoms with van der Waals surface area (Å²) in [5.41, 5.74) is 4.34. The lowest BCUT2D eigenvalue weighted by atomic mass is 9.90. The molecule has 0 radical (unpaired) electrons. The van der Waals surface area contributed by atoms with E-state index in [0.29, 0.717) is 6.54 Å². The summed E-state index contributed by atoms with van der Waals surface area (Å²) in [5, 5.41) is 7.57. The maximum absolute atomic E-state index is 11.3. The molecule has 6 heteroatoms. The Kier molecular flexibility index (Phi) is 5.97. The van der Waals surface area contributed by atoms with Gasteiger partial charge in [0, 0.05) is 45.9 Å². The predicted molar refractivity (Wildman–Crippen MR) is 106 cm³/mol. The van der Waals surface area contributed by atoms with Crippen LogP contribution in [0.25, 0.3) is 5.69 Å². The number of para-hydroxylation sites is 1. The molecule has 1 amide bonds. The molecule has 27 heavy (non-hydrogen) atoms. The first-order valence-corrected chi connectivity index (χ1v) is 9.56. The van der Waals surface area contributed by atoms with Crippen LogP contribution < -0.4 is 5.32 Å². The molecule has 0 bridgehead atoms. The van der Waals surface area contributed by atoms with Crippen LogP contribution in [0.4, 0.5) is 0 Å². The SMILES string of the molecule is COC1(CNC(C)=O)CCN(Cc2ccccc2-n2nc(C)cc2C)CC1. The first kappa shape index (κ1) is 19.6. The van der Waals surface area contributed by atoms with E-state index in [-0.39, 0.29) is 11.5 Å². The number of hydrogen-bond donors (Lipinski definition) is 1. The number of amides is 1. The molecule has 6 nitrogen and oxygen atoms in total. The number of methoxy groups -OCH3 is 1. The van der Waals surface area contributed by atoms with E-state index in [2.05, 4.69) is 52.6 Å². The summed E-state index contributed by atoms with van der Waals surface area (Å²) in [7, 11) is 1.75. The van der Waals surface area contributed by atoms with E-state index in [1.165, 1.54) is 5.56 Å². The number of carbonyl (C=O) groups is 1. The van der Waals surface area contributed by atoms with Crippen LogP contribution in [0.5, 0.6) is 0 Å². The van der Waals surface area contributed by atoms with Crippen LogP contribution in [0.2, 0.25) is 0 Å². The molecule has 1 aromatic heterocycles. The number of carbonyl (C=O) groups excluding carboxylic acids is 1. The van der Waals surface area contributed by atoms with E-state index in [1.807, 2.05) is 11.6 Å². The molecular weight excluding hydrogens is 340 g/mol. The highest BCUT2D eigenvalue weighted by Gasteiger charge is 2.34. The molecule has 146 valence electrons. The number of aryl methyl sites for hydroxylation is 2. The van der Waals surface area contributed by atoms with Gasteiger partial charge in [0.15, 0.2) is 0 Å². The minimum atomic E-state index is -0.253. The fourth-order valence-corrected chi connectivity index (χ4v) is 3.82. The number of piperidine rings is 1. The monoisotopic (exact) mass is 370 g/mol. The van der Waals surface area contributed by atoms with Gasteiger partial charge in [-0.15, -0.1) is 0 Å². The van der Waals surface area contributed by atoms with Crippen LogP contribution >= 0.6 is 0 Å². The van der Waals surface area contributed by atoms with Crippen molar-refractivity contribution in [1.82, 2.24) is 20.0 Å². The summed E-state index contributed by atoms with van der Waals surface area (Å²) in [4.78, 5) is 13.7. The number of rotatable bonds is 6. The highest BCUT2D eigenvalue weighted by molar-refractivity contribution is 5.72. The molecule has 2 heterocycles. The van der Waals surface area contributed by atoms with E-state index in [1.54, 1.807) is 14.0 Å². The number of nitrogens with one attached hydrogen (secondary N) is 1. The van der Waals surface area contributed by atoms with E-state index in [9.17, 15) is 4.79 Å². The lowest BCUT2D eigenvalue weighted by molar-refractivity contribution is -0.121. The van der Waals surface area contributed by atoms with Crippen molar-refractivity contribution in [3.63, 3.8) is 0 Å². The average molecular weight is 370 g/mol. The van der Waals surface area contributed by atoms with Crippen LogP contribution in [0, 0.1) is 13.8 Å². The molecule has 2 aromatic rings. The normalized spacial score (nSPS) is 17.0. The summed E-state index contributed by atoms with van der Waals surface area (Å²) in [6.07, 6.45) is 1.82. The summed E-state index contributed by atoms with van der Waals surface area (Å²) < 4.78 is 7.82. The lowest BCUT2D eigenvalue weighted by Gasteiger charge is -2.41. The van der Waals surface area contributed by atoms with Gasteiger partial charge in [0.25, 0.3) is 0 Å². The van der Waals surface area contributed by atoms with Crippen molar-refractivity contribution in [2.45, 2.75) is 45.8 Å². The second-order valence-electron chi connectivity index (χ2n) is 7.54. The number of ether oxygens (including phenoxy) is 1. The number of nitrogens with zero attached hydrogens (tertiary/aromatic N) is 3. The molecule has 0 spiro atoms. The second kappa shape index (κ2) is 8.23. The van der Waals surface area contributed by atoms with Crippen molar-refractivity contribution >= 4 is 5.91 Å². The van der Waals surface area contributed by atoms with Crippen LogP contribution in [0.3, 0.4) is 0 Å². The molecule has 1 fully saturated rings. The van der Waals surface area contributed by atoms with Gasteiger partial charge in [-0.1, -0.05) is 18.2 Å². The molecule has 0 atom stereocenters. The largest absolute Gasteiger partial charge is 0.376 e. The molecule has 3 rings (SSSR count). The highest BCUT2D eigenvalue weighted by atomic mass is 16.5. The number of likely N-dealkylation sites (tertiary alicyclic amines) is 1. The Morgan fingerprint density at radius 3 is 2.56 bits per heavy atom. The van der Waals surface area contributed by atoms with E-state index >= 15 is 0 Å². The Morgan fingerprint density at radius 2 is 1.96 bits per heavy atom. The maximum atomic E-state index is 11.3. The number of aromatic nitrogens is 2. The molecule has 1 aliphatic heterocycles. The zero-order chi connectivity index (χ0) is 19.4. The van der Waals surface area contributed by atoms with Crippen LogP contribution in [-0.2, 0) is 16.1 Å². The summed E-state index contributed by atoms with van der Waals surface area (Å²) in [6, 6.07) is 10.6. The maximum Gasteiger partial charge on any atom is 0.216 e. The van der Waals surface area contributed by atoms with E-state index in [0.717, 1.165) is 49.6 Å². The van der Waals surface area contributed by atoms with Crippen LogP contribution in [-0.4, -0.2) is 52.9 Å². The zero-order valence-electron chi connectivity index (χ0n) is 16.8. The molecular formula is C21H30N4O2. The van der Waals surface area contributed by atoms with Crippen molar-refractivity contribution in [3.05, 3.63) is 47.3 Å². The molecule has 0 saturated carbocycles. The van der Waals surface area contributed by atoms with Crippen molar-refractivity contribution in [1.29, 1.82) is 0 Å². The molecule has 1 N–H and O–H groups in total. The van der Waals surface area contributed by atoms with Gasteiger partial charge < -0.3 is 10.1 Å². The fraction of sp³-hybridized carbons (Fsp3) is 0.524. The average Bonchev–Trinajstić information content (AvgIpc) is 3.00. The second-order valence-corrected chi connectivity index (χ2v) is 7.54. The number of hydrogen-bond acceptors (Lipinski definition) is 4. The van der Waals surface area contributed by atoms with Gasteiger partial charge in [-0.25, -0.2) is 4.68 Å². The van der Waals surface area contributed by atoms with Crippen molar-refractivity contribution in [2.24, 2.45) is 0 Å². The topological polar surface area (TPSA) is 59.4 Å². The first-order valence-electron chi connectivity index (χ1n) is 9.56. The number of benzene rings is 1. The molecule has 1 aliphatic rings.